The number of allylic oxidation sites excluding steroid dienone is 1. The minimum absolute atomic E-state index is 0.0224. The molecule has 0 amide bonds. The quantitative estimate of drug-likeness (QED) is 0.140. The van der Waals surface area contributed by atoms with E-state index >= 15 is 0 Å². The fraction of sp³-hybridized carbons (Fsp3) is 0.0303. The first kappa shape index (κ1) is 43.3. The molecule has 0 N–H and O–H groups in total. The number of hydrogen-bond donors (Lipinski definition) is 0. The molecule has 10 aromatic rings. The standard InChI is InChI=1S/C66H46B2N4S2/c1-7-23-45(24-8-1)69(46-25-9-2-10-26-46)51-39-59-65-63(41-51)73-61-44-62-56(43-55(61)67(65)53-35-19-21-37-57(53)71(59)49-31-15-5-16-32-49)68-54-36-20-22-38-58(54)72(50-33-17-6-18-34-50)60-40-52(42-64(74-62)66(60)68)70(47-27-11-3-12-28-47)48-29-13-4-14-30-48/h1-44,59,65H. The van der Waals surface area contributed by atoms with Crippen LogP contribution in [0.4, 0.5) is 56.9 Å². The molecule has 348 valence electrons. The number of hydrogen-bond acceptors (Lipinski definition) is 6. The van der Waals surface area contributed by atoms with Gasteiger partial charge in [-0.15, -0.1) is 0 Å². The molecule has 0 bridgehead atoms. The van der Waals surface area contributed by atoms with E-state index in [1.165, 1.54) is 75.4 Å². The molecule has 2 unspecified atom stereocenters. The van der Waals surface area contributed by atoms with Crippen molar-refractivity contribution in [2.24, 2.45) is 0 Å². The summed E-state index contributed by atoms with van der Waals surface area (Å²) in [4.78, 5) is 15.3. The molecule has 0 saturated heterocycles. The highest BCUT2D eigenvalue weighted by Crippen LogP contribution is 2.54. The van der Waals surface area contributed by atoms with E-state index in [0.717, 1.165) is 34.1 Å². The first-order valence-electron chi connectivity index (χ1n) is 25.6. The van der Waals surface area contributed by atoms with Crippen molar-refractivity contribution in [2.45, 2.75) is 26.5 Å². The number of nitrogens with zero attached hydrogens (tertiary/aromatic N) is 4. The highest BCUT2D eigenvalue weighted by atomic mass is 32.2. The zero-order valence-electron chi connectivity index (χ0n) is 40.3. The molecule has 0 saturated carbocycles. The van der Waals surface area contributed by atoms with Crippen LogP contribution in [0.25, 0.3) is 0 Å². The van der Waals surface area contributed by atoms with Gasteiger partial charge in [-0.25, -0.2) is 0 Å². The van der Waals surface area contributed by atoms with Crippen molar-refractivity contribution >= 4 is 121 Å². The molecule has 5 aliphatic rings. The number of rotatable bonds is 8. The Morgan fingerprint density at radius 2 is 0.892 bits per heavy atom. The SMILES string of the molecule is C1=C2Sc3cc4c(cc3B3c5ccccc5N(c5ccccc5)C(C=C1N(c1ccccc1)c1ccccc1)C32)B1c2ccccc2N(c2ccccc2)c2cc(N(c3ccccc3)c3ccccc3)cc(c21)S4. The smallest absolute Gasteiger partial charge is 0.249 e. The third kappa shape index (κ3) is 6.96. The molecule has 2 atom stereocenters. The summed E-state index contributed by atoms with van der Waals surface area (Å²) in [7, 11) is 0. The van der Waals surface area contributed by atoms with Gasteiger partial charge in [-0.3, -0.25) is 0 Å². The van der Waals surface area contributed by atoms with Gasteiger partial charge < -0.3 is 19.6 Å². The highest BCUT2D eigenvalue weighted by Gasteiger charge is 2.52. The Hall–Kier alpha value is -8.29. The van der Waals surface area contributed by atoms with E-state index in [1.807, 2.05) is 23.5 Å². The molecular weight excluding hydrogens is 935 g/mol. The van der Waals surface area contributed by atoms with Crippen LogP contribution < -0.4 is 46.9 Å². The topological polar surface area (TPSA) is 13.0 Å². The number of fused-ring (bicyclic) bond motifs is 8. The molecule has 0 spiro atoms. The number of para-hydroxylation sites is 8. The van der Waals surface area contributed by atoms with Crippen LogP contribution in [0.15, 0.2) is 292 Å². The van der Waals surface area contributed by atoms with Gasteiger partial charge in [0.1, 0.15) is 0 Å². The van der Waals surface area contributed by atoms with Gasteiger partial charge in [0, 0.05) is 83.1 Å². The monoisotopic (exact) mass is 980 g/mol. The van der Waals surface area contributed by atoms with Gasteiger partial charge in [0.05, 0.1) is 6.04 Å². The molecule has 4 nitrogen and oxygen atoms in total. The normalized spacial score (nSPS) is 16.3. The van der Waals surface area contributed by atoms with Crippen LogP contribution in [0.3, 0.4) is 0 Å². The summed E-state index contributed by atoms with van der Waals surface area (Å²) in [6, 6.07) is 93.9. The molecule has 8 heteroatoms. The lowest BCUT2D eigenvalue weighted by Gasteiger charge is -2.51. The second kappa shape index (κ2) is 17.7. The van der Waals surface area contributed by atoms with Gasteiger partial charge >= 0.3 is 0 Å². The summed E-state index contributed by atoms with van der Waals surface area (Å²) in [6.07, 6.45) is 5.07. The Bertz CT molecular complexity index is 3760. The zero-order valence-corrected chi connectivity index (χ0v) is 42.0. The molecular formula is C66H46B2N4S2. The van der Waals surface area contributed by atoms with E-state index in [9.17, 15) is 0 Å². The summed E-state index contributed by atoms with van der Waals surface area (Å²) in [5, 5.41) is 0. The molecule has 0 aromatic heterocycles. The van der Waals surface area contributed by atoms with E-state index in [0.29, 0.717) is 0 Å². The molecule has 74 heavy (non-hydrogen) atoms. The maximum atomic E-state index is 2.65. The maximum Gasteiger partial charge on any atom is 0.249 e. The van der Waals surface area contributed by atoms with Crippen LogP contribution >= 0.6 is 23.5 Å². The minimum atomic E-state index is 0.0224. The average Bonchev–Trinajstić information content (AvgIpc) is 3.52. The van der Waals surface area contributed by atoms with Crippen molar-refractivity contribution in [3.8, 4) is 0 Å². The number of thioether (sulfide) groups is 1. The predicted octanol–water partition coefficient (Wildman–Crippen LogP) is 14.1. The lowest BCUT2D eigenvalue weighted by atomic mass is 9.29. The van der Waals surface area contributed by atoms with Crippen molar-refractivity contribution in [1.82, 2.24) is 0 Å². The molecule has 0 fully saturated rings. The van der Waals surface area contributed by atoms with Gasteiger partial charge in [-0.1, -0.05) is 192 Å². The fourth-order valence-electron chi connectivity index (χ4n) is 12.5. The Morgan fingerprint density at radius 1 is 0.378 bits per heavy atom. The van der Waals surface area contributed by atoms with E-state index in [1.54, 1.807) is 0 Å². The zero-order chi connectivity index (χ0) is 48.7. The molecule has 4 aliphatic heterocycles. The lowest BCUT2D eigenvalue weighted by molar-refractivity contribution is 0.748. The summed E-state index contributed by atoms with van der Waals surface area (Å²) in [5.74, 6) is 0.175. The summed E-state index contributed by atoms with van der Waals surface area (Å²) in [6.45, 7) is 0.149. The van der Waals surface area contributed by atoms with Crippen LogP contribution in [-0.2, 0) is 0 Å². The van der Waals surface area contributed by atoms with Crippen molar-refractivity contribution in [2.75, 3.05) is 19.6 Å². The van der Waals surface area contributed by atoms with E-state index in [-0.39, 0.29) is 25.3 Å². The van der Waals surface area contributed by atoms with Crippen LogP contribution in [0.5, 0.6) is 0 Å². The molecule has 15 rings (SSSR count). The predicted molar refractivity (Wildman–Crippen MR) is 316 cm³/mol. The third-order valence-electron chi connectivity index (χ3n) is 15.5. The fourth-order valence-corrected chi connectivity index (χ4v) is 15.1. The van der Waals surface area contributed by atoms with E-state index in [2.05, 4.69) is 287 Å². The Balaban J connectivity index is 0.957. The Morgan fingerprint density at radius 3 is 1.51 bits per heavy atom. The molecule has 0 radical (unpaired) electrons. The third-order valence-corrected chi connectivity index (χ3v) is 17.8. The first-order valence-corrected chi connectivity index (χ1v) is 27.2. The van der Waals surface area contributed by atoms with Crippen molar-refractivity contribution in [3.63, 3.8) is 0 Å². The first-order chi connectivity index (χ1) is 36.7. The minimum Gasteiger partial charge on any atom is -0.335 e. The Kier molecular flexibility index (Phi) is 10.4. The van der Waals surface area contributed by atoms with Crippen LogP contribution in [0.1, 0.15) is 0 Å². The second-order valence-electron chi connectivity index (χ2n) is 19.6. The van der Waals surface area contributed by atoms with Crippen molar-refractivity contribution in [3.05, 3.63) is 278 Å². The summed E-state index contributed by atoms with van der Waals surface area (Å²) in [5.41, 5.74) is 19.7. The largest absolute Gasteiger partial charge is 0.335 e. The van der Waals surface area contributed by atoms with Crippen LogP contribution in [0, 0.1) is 0 Å². The molecule has 4 heterocycles. The van der Waals surface area contributed by atoms with Gasteiger partial charge in [0.25, 0.3) is 0 Å². The van der Waals surface area contributed by atoms with Crippen molar-refractivity contribution < 1.29 is 0 Å². The van der Waals surface area contributed by atoms with Crippen LogP contribution in [0.2, 0.25) is 5.82 Å². The van der Waals surface area contributed by atoms with Crippen molar-refractivity contribution in [1.29, 1.82) is 0 Å². The molecule has 1 aliphatic carbocycles. The molecule has 10 aromatic carbocycles. The van der Waals surface area contributed by atoms with E-state index < -0.39 is 0 Å². The van der Waals surface area contributed by atoms with Gasteiger partial charge in [-0.05, 0) is 131 Å². The second-order valence-corrected chi connectivity index (χ2v) is 21.8. The van der Waals surface area contributed by atoms with Crippen LogP contribution in [-0.4, -0.2) is 19.5 Å². The number of anilines is 10. The van der Waals surface area contributed by atoms with E-state index in [4.69, 9.17) is 0 Å². The maximum absolute atomic E-state index is 2.65. The lowest BCUT2D eigenvalue weighted by Crippen LogP contribution is -2.63. The van der Waals surface area contributed by atoms with Gasteiger partial charge in [0.15, 0.2) is 0 Å². The summed E-state index contributed by atoms with van der Waals surface area (Å²) >= 11 is 3.92. The summed E-state index contributed by atoms with van der Waals surface area (Å²) < 4.78 is 0. The number of benzene rings is 10. The average molecular weight is 981 g/mol. The van der Waals surface area contributed by atoms with Gasteiger partial charge in [-0.2, -0.15) is 0 Å². The van der Waals surface area contributed by atoms with Gasteiger partial charge in [0.2, 0.25) is 13.4 Å². The highest BCUT2D eigenvalue weighted by molar-refractivity contribution is 8.04. The Labute approximate surface area is 442 Å².